The number of hydrogen-bond donors (Lipinski definition) is 3. The number of primary amides is 1. The quantitative estimate of drug-likeness (QED) is 0.626. The number of nitrogens with zero attached hydrogens (tertiary/aromatic N) is 2. The zero-order valence-electron chi connectivity index (χ0n) is 15.7. The molecule has 2 amide bonds. The molecule has 0 radical (unpaired) electrons. The monoisotopic (exact) mass is 445 g/mol. The van der Waals surface area contributed by atoms with Crippen LogP contribution in [0.2, 0.25) is 5.02 Å². The van der Waals surface area contributed by atoms with E-state index in [1.165, 1.54) is 4.31 Å². The molecule has 1 aromatic carbocycles. The number of carboxylic acid groups (broad SMARTS) is 1. The fraction of sp³-hybridized carbons (Fsp3) is 0.556. The molecular formula is C18H24ClN3O6S. The first-order valence-corrected chi connectivity index (χ1v) is 11.2. The third-order valence-electron chi connectivity index (χ3n) is 5.83. The van der Waals surface area contributed by atoms with Gasteiger partial charge in [0.1, 0.15) is 5.25 Å². The van der Waals surface area contributed by atoms with Gasteiger partial charge in [-0.2, -0.15) is 0 Å². The molecule has 2 unspecified atom stereocenters. The number of carbonyl (C=O) groups is 2. The Kier molecular flexibility index (Phi) is 6.09. The predicted molar refractivity (Wildman–Crippen MR) is 106 cm³/mol. The smallest absolute Gasteiger partial charge is 0.339 e. The van der Waals surface area contributed by atoms with E-state index in [0.717, 1.165) is 10.5 Å². The van der Waals surface area contributed by atoms with Crippen LogP contribution < -0.4 is 5.73 Å². The van der Waals surface area contributed by atoms with Crippen molar-refractivity contribution in [3.8, 4) is 0 Å². The molecule has 1 aromatic rings. The summed E-state index contributed by atoms with van der Waals surface area (Å²) in [6.45, 7) is -0.309. The summed E-state index contributed by atoms with van der Waals surface area (Å²) >= 11 is 6.24. The molecule has 9 nitrogen and oxygen atoms in total. The van der Waals surface area contributed by atoms with Crippen LogP contribution in [0.1, 0.15) is 30.7 Å². The number of β-amino-alcohol motifs (C(OH)–C–C–N with tert-alkyl or cyclic N) is 1. The van der Waals surface area contributed by atoms with Crippen molar-refractivity contribution < 1.29 is 28.2 Å². The van der Waals surface area contributed by atoms with E-state index in [4.69, 9.17) is 17.3 Å². The van der Waals surface area contributed by atoms with Crippen molar-refractivity contribution in [1.82, 2.24) is 9.21 Å². The molecule has 2 aliphatic heterocycles. The number of halogens is 1. The van der Waals surface area contributed by atoms with Gasteiger partial charge in [-0.15, -0.1) is 0 Å². The van der Waals surface area contributed by atoms with E-state index >= 15 is 0 Å². The van der Waals surface area contributed by atoms with Gasteiger partial charge < -0.3 is 20.8 Å². The van der Waals surface area contributed by atoms with Crippen molar-refractivity contribution in [2.45, 2.75) is 36.0 Å². The summed E-state index contributed by atoms with van der Waals surface area (Å²) in [5.41, 5.74) is 3.52. The van der Waals surface area contributed by atoms with Gasteiger partial charge in [0, 0.05) is 24.7 Å². The number of carboxylic acids is 1. The fourth-order valence-corrected chi connectivity index (χ4v) is 6.62. The standard InChI is InChI=1S/C18H24ClN3O6S/c19-14-4-2-1-3-13(14)12-5-9-22(10-6-12)29(27,28)15-7-8-21(17(20)25)11-18(15,26)16(23)24/h1-4,12,15,26H,5-11H2,(H2,20,25)(H,23,24). The van der Waals surface area contributed by atoms with E-state index in [1.54, 1.807) is 6.07 Å². The third kappa shape index (κ3) is 4.07. The molecule has 2 atom stereocenters. The number of amides is 2. The number of hydrogen-bond acceptors (Lipinski definition) is 5. The molecule has 2 aliphatic rings. The van der Waals surface area contributed by atoms with Gasteiger partial charge in [-0.3, -0.25) is 0 Å². The van der Waals surface area contributed by atoms with Crippen molar-refractivity contribution in [1.29, 1.82) is 0 Å². The number of aliphatic carboxylic acids is 1. The van der Waals surface area contributed by atoms with Crippen LogP contribution in [-0.2, 0) is 14.8 Å². The molecule has 29 heavy (non-hydrogen) atoms. The zero-order valence-corrected chi connectivity index (χ0v) is 17.3. The molecule has 0 bridgehead atoms. The van der Waals surface area contributed by atoms with Gasteiger partial charge in [0.15, 0.2) is 5.60 Å². The highest BCUT2D eigenvalue weighted by Crippen LogP contribution is 2.36. The number of likely N-dealkylation sites (tertiary alicyclic amines) is 1. The number of piperidine rings is 2. The van der Waals surface area contributed by atoms with Gasteiger partial charge in [0.05, 0.1) is 6.54 Å². The summed E-state index contributed by atoms with van der Waals surface area (Å²) < 4.78 is 27.6. The maximum Gasteiger partial charge on any atom is 0.339 e. The van der Waals surface area contributed by atoms with E-state index in [2.05, 4.69) is 0 Å². The summed E-state index contributed by atoms with van der Waals surface area (Å²) in [5.74, 6) is -1.59. The second-order valence-electron chi connectivity index (χ2n) is 7.51. The van der Waals surface area contributed by atoms with Gasteiger partial charge >= 0.3 is 12.0 Å². The average Bonchev–Trinajstić information content (AvgIpc) is 2.68. The largest absolute Gasteiger partial charge is 0.479 e. The first-order chi connectivity index (χ1) is 13.6. The van der Waals surface area contributed by atoms with Crippen LogP contribution in [0, 0.1) is 0 Å². The highest BCUT2D eigenvalue weighted by molar-refractivity contribution is 7.89. The summed E-state index contributed by atoms with van der Waals surface area (Å²) in [5, 5.41) is 19.3. The number of urea groups is 1. The van der Waals surface area contributed by atoms with Crippen LogP contribution in [0.15, 0.2) is 24.3 Å². The Morgan fingerprint density at radius 2 is 1.76 bits per heavy atom. The number of carbonyl (C=O) groups excluding carboxylic acids is 1. The molecule has 0 saturated carbocycles. The summed E-state index contributed by atoms with van der Waals surface area (Å²) in [4.78, 5) is 24.1. The lowest BCUT2D eigenvalue weighted by Gasteiger charge is -2.43. The maximum absolute atomic E-state index is 13.2. The molecule has 0 spiro atoms. The second-order valence-corrected chi connectivity index (χ2v) is 10.0. The Balaban J connectivity index is 1.78. The van der Waals surface area contributed by atoms with Crippen molar-refractivity contribution in [2.24, 2.45) is 5.73 Å². The third-order valence-corrected chi connectivity index (χ3v) is 8.60. The van der Waals surface area contributed by atoms with Crippen LogP contribution in [0.5, 0.6) is 0 Å². The molecule has 2 saturated heterocycles. The van der Waals surface area contributed by atoms with E-state index in [9.17, 15) is 28.2 Å². The van der Waals surface area contributed by atoms with Crippen molar-refractivity contribution in [3.05, 3.63) is 34.9 Å². The van der Waals surface area contributed by atoms with E-state index in [1.807, 2.05) is 18.2 Å². The molecule has 2 heterocycles. The Morgan fingerprint density at radius 3 is 2.31 bits per heavy atom. The molecular weight excluding hydrogens is 422 g/mol. The van der Waals surface area contributed by atoms with E-state index < -0.39 is 39.4 Å². The Hall–Kier alpha value is -1.88. The van der Waals surface area contributed by atoms with Crippen LogP contribution >= 0.6 is 11.6 Å². The molecule has 2 fully saturated rings. The van der Waals surface area contributed by atoms with E-state index in [0.29, 0.717) is 17.9 Å². The second kappa shape index (κ2) is 8.10. The first kappa shape index (κ1) is 21.8. The highest BCUT2D eigenvalue weighted by Gasteiger charge is 2.56. The van der Waals surface area contributed by atoms with Crippen LogP contribution in [0.4, 0.5) is 4.79 Å². The minimum absolute atomic E-state index is 0.0368. The lowest BCUT2D eigenvalue weighted by molar-refractivity contribution is -0.162. The minimum atomic E-state index is -4.11. The molecule has 160 valence electrons. The molecule has 0 aliphatic carbocycles. The van der Waals surface area contributed by atoms with Crippen LogP contribution in [0.3, 0.4) is 0 Å². The van der Waals surface area contributed by atoms with Gasteiger partial charge in [-0.1, -0.05) is 29.8 Å². The maximum atomic E-state index is 13.2. The lowest BCUT2D eigenvalue weighted by atomic mass is 9.90. The van der Waals surface area contributed by atoms with Gasteiger partial charge in [0.25, 0.3) is 0 Å². The first-order valence-electron chi connectivity index (χ1n) is 9.31. The number of rotatable bonds is 4. The highest BCUT2D eigenvalue weighted by atomic mass is 35.5. The van der Waals surface area contributed by atoms with Crippen molar-refractivity contribution in [3.63, 3.8) is 0 Å². The minimum Gasteiger partial charge on any atom is -0.479 e. The number of sulfonamides is 1. The fourth-order valence-electron chi connectivity index (χ4n) is 4.18. The van der Waals surface area contributed by atoms with E-state index in [-0.39, 0.29) is 32.0 Å². The molecule has 11 heteroatoms. The summed E-state index contributed by atoms with van der Waals surface area (Å²) in [7, 11) is -4.11. The summed E-state index contributed by atoms with van der Waals surface area (Å²) in [6, 6.07) is 6.51. The normalized spacial score (nSPS) is 27.0. The number of nitrogens with two attached hydrogens (primary N) is 1. The molecule has 3 rings (SSSR count). The van der Waals surface area contributed by atoms with Crippen molar-refractivity contribution in [2.75, 3.05) is 26.2 Å². The van der Waals surface area contributed by atoms with Gasteiger partial charge in [0.2, 0.25) is 10.0 Å². The lowest BCUT2D eigenvalue weighted by Crippen LogP contribution is -2.66. The summed E-state index contributed by atoms with van der Waals surface area (Å²) in [6.07, 6.45) is 0.863. The number of benzene rings is 1. The zero-order chi connectivity index (χ0) is 21.4. The predicted octanol–water partition coefficient (Wildman–Crippen LogP) is 0.818. The van der Waals surface area contributed by atoms with Gasteiger partial charge in [-0.05, 0) is 36.8 Å². The van der Waals surface area contributed by atoms with Crippen LogP contribution in [0.25, 0.3) is 0 Å². The molecule has 4 N–H and O–H groups in total. The van der Waals surface area contributed by atoms with Crippen LogP contribution in [-0.4, -0.2) is 76.9 Å². The Labute approximate surface area is 174 Å². The average molecular weight is 446 g/mol. The topological polar surface area (TPSA) is 141 Å². The number of aliphatic hydroxyl groups is 1. The Bertz CT molecular complexity index is 903. The van der Waals surface area contributed by atoms with Crippen molar-refractivity contribution >= 4 is 33.6 Å². The Morgan fingerprint density at radius 1 is 1.14 bits per heavy atom. The SMILES string of the molecule is NC(=O)N1CCC(S(=O)(=O)N2CCC(c3ccccc3Cl)CC2)C(O)(C(=O)O)C1. The van der Waals surface area contributed by atoms with Gasteiger partial charge in [-0.25, -0.2) is 22.3 Å². The molecule has 0 aromatic heterocycles.